The summed E-state index contributed by atoms with van der Waals surface area (Å²) in [5, 5.41) is 8.98. The highest BCUT2D eigenvalue weighted by Crippen LogP contribution is 2.37. The summed E-state index contributed by atoms with van der Waals surface area (Å²) in [5.74, 6) is 0.969. The Hall–Kier alpha value is -1.06. The first-order chi connectivity index (χ1) is 7.52. The highest BCUT2D eigenvalue weighted by atomic mass is 16.5. The SMILES string of the molecule is CC1(C)Cc2cccc(CC(N)CO)c2O1. The van der Waals surface area contributed by atoms with E-state index in [0.29, 0.717) is 6.42 Å². The summed E-state index contributed by atoms with van der Waals surface area (Å²) in [6, 6.07) is 5.94. The van der Waals surface area contributed by atoms with E-state index in [1.54, 1.807) is 0 Å². The van der Waals surface area contributed by atoms with Crippen LogP contribution in [-0.4, -0.2) is 23.4 Å². The molecular weight excluding hydrogens is 202 g/mol. The molecular formula is C13H19NO2. The Balaban J connectivity index is 2.26. The molecule has 1 aromatic rings. The van der Waals surface area contributed by atoms with E-state index in [-0.39, 0.29) is 18.2 Å². The van der Waals surface area contributed by atoms with Gasteiger partial charge < -0.3 is 15.6 Å². The quantitative estimate of drug-likeness (QED) is 0.808. The van der Waals surface area contributed by atoms with Crippen molar-refractivity contribution < 1.29 is 9.84 Å². The molecule has 1 aromatic carbocycles. The molecule has 0 amide bonds. The van der Waals surface area contributed by atoms with Crippen LogP contribution >= 0.6 is 0 Å². The van der Waals surface area contributed by atoms with Gasteiger partial charge in [0, 0.05) is 12.5 Å². The number of hydrogen-bond acceptors (Lipinski definition) is 3. The van der Waals surface area contributed by atoms with Crippen molar-refractivity contribution in [1.82, 2.24) is 0 Å². The first-order valence-corrected chi connectivity index (χ1v) is 5.68. The average Bonchev–Trinajstić information content (AvgIpc) is 2.53. The number of nitrogens with two attached hydrogens (primary N) is 1. The van der Waals surface area contributed by atoms with Crippen molar-refractivity contribution in [1.29, 1.82) is 0 Å². The van der Waals surface area contributed by atoms with Gasteiger partial charge in [-0.25, -0.2) is 0 Å². The molecule has 16 heavy (non-hydrogen) atoms. The molecule has 0 aromatic heterocycles. The topological polar surface area (TPSA) is 55.5 Å². The third-order valence-electron chi connectivity index (χ3n) is 2.89. The minimum Gasteiger partial charge on any atom is -0.487 e. The molecule has 88 valence electrons. The van der Waals surface area contributed by atoms with Crippen LogP contribution in [0.25, 0.3) is 0 Å². The number of aliphatic hydroxyl groups excluding tert-OH is 1. The summed E-state index contributed by atoms with van der Waals surface area (Å²) in [6.45, 7) is 4.18. The molecule has 3 heteroatoms. The lowest BCUT2D eigenvalue weighted by Gasteiger charge is -2.19. The van der Waals surface area contributed by atoms with Crippen molar-refractivity contribution in [2.24, 2.45) is 5.73 Å². The largest absolute Gasteiger partial charge is 0.487 e. The molecule has 1 aliphatic heterocycles. The van der Waals surface area contributed by atoms with Gasteiger partial charge in [0.15, 0.2) is 0 Å². The third-order valence-corrected chi connectivity index (χ3v) is 2.89. The normalized spacial score (nSPS) is 19.0. The standard InChI is InChI=1S/C13H19NO2/c1-13(2)7-10-5-3-4-9(12(10)16-13)6-11(14)8-15/h3-5,11,15H,6-8,14H2,1-2H3. The Kier molecular flexibility index (Phi) is 2.91. The van der Waals surface area contributed by atoms with Gasteiger partial charge in [0.05, 0.1) is 6.61 Å². The number of aliphatic hydroxyl groups is 1. The Labute approximate surface area is 96.2 Å². The first-order valence-electron chi connectivity index (χ1n) is 5.68. The number of para-hydroxylation sites is 1. The third kappa shape index (κ3) is 2.20. The highest BCUT2D eigenvalue weighted by Gasteiger charge is 2.31. The zero-order valence-electron chi connectivity index (χ0n) is 9.86. The lowest BCUT2D eigenvalue weighted by molar-refractivity contribution is 0.137. The van der Waals surface area contributed by atoms with E-state index < -0.39 is 0 Å². The van der Waals surface area contributed by atoms with Crippen LogP contribution in [0.5, 0.6) is 5.75 Å². The van der Waals surface area contributed by atoms with Crippen molar-refractivity contribution >= 4 is 0 Å². The second kappa shape index (κ2) is 4.07. The number of hydrogen-bond donors (Lipinski definition) is 2. The fourth-order valence-corrected chi connectivity index (χ4v) is 2.19. The molecule has 1 aliphatic rings. The van der Waals surface area contributed by atoms with E-state index >= 15 is 0 Å². The Bertz CT molecular complexity index is 388. The zero-order chi connectivity index (χ0) is 11.8. The molecule has 0 saturated carbocycles. The smallest absolute Gasteiger partial charge is 0.126 e. The predicted molar refractivity (Wildman–Crippen MR) is 63.6 cm³/mol. The second-order valence-corrected chi connectivity index (χ2v) is 5.09. The van der Waals surface area contributed by atoms with Gasteiger partial charge in [-0.05, 0) is 31.4 Å². The van der Waals surface area contributed by atoms with Crippen molar-refractivity contribution in [3.8, 4) is 5.75 Å². The number of rotatable bonds is 3. The summed E-state index contributed by atoms with van der Waals surface area (Å²) in [7, 11) is 0. The van der Waals surface area contributed by atoms with Crippen LogP contribution in [0.2, 0.25) is 0 Å². The Morgan fingerprint density at radius 3 is 2.94 bits per heavy atom. The van der Waals surface area contributed by atoms with E-state index in [1.807, 2.05) is 12.1 Å². The molecule has 0 aliphatic carbocycles. The summed E-state index contributed by atoms with van der Waals surface area (Å²) in [4.78, 5) is 0. The van der Waals surface area contributed by atoms with E-state index in [4.69, 9.17) is 15.6 Å². The van der Waals surface area contributed by atoms with Gasteiger partial charge in [-0.1, -0.05) is 18.2 Å². The monoisotopic (exact) mass is 221 g/mol. The maximum atomic E-state index is 8.98. The minimum atomic E-state index is -0.209. The molecule has 3 N–H and O–H groups in total. The van der Waals surface area contributed by atoms with Crippen LogP contribution in [0, 0.1) is 0 Å². The average molecular weight is 221 g/mol. The van der Waals surface area contributed by atoms with E-state index in [2.05, 4.69) is 19.9 Å². The van der Waals surface area contributed by atoms with Gasteiger partial charge in [-0.3, -0.25) is 0 Å². The van der Waals surface area contributed by atoms with E-state index in [0.717, 1.165) is 17.7 Å². The molecule has 0 bridgehead atoms. The van der Waals surface area contributed by atoms with Crippen LogP contribution < -0.4 is 10.5 Å². The number of fused-ring (bicyclic) bond motifs is 1. The summed E-state index contributed by atoms with van der Waals surface area (Å²) >= 11 is 0. The molecule has 0 saturated heterocycles. The molecule has 3 nitrogen and oxygen atoms in total. The van der Waals surface area contributed by atoms with Gasteiger partial charge in [0.25, 0.3) is 0 Å². The summed E-state index contributed by atoms with van der Waals surface area (Å²) in [5.41, 5.74) is 7.98. The van der Waals surface area contributed by atoms with E-state index in [9.17, 15) is 0 Å². The van der Waals surface area contributed by atoms with Gasteiger partial charge in [-0.2, -0.15) is 0 Å². The maximum Gasteiger partial charge on any atom is 0.126 e. The second-order valence-electron chi connectivity index (χ2n) is 5.09. The Morgan fingerprint density at radius 2 is 2.25 bits per heavy atom. The van der Waals surface area contributed by atoms with Crippen molar-refractivity contribution in [3.05, 3.63) is 29.3 Å². The highest BCUT2D eigenvalue weighted by molar-refractivity contribution is 5.46. The van der Waals surface area contributed by atoms with Crippen molar-refractivity contribution in [3.63, 3.8) is 0 Å². The van der Waals surface area contributed by atoms with Crippen LogP contribution in [0.4, 0.5) is 0 Å². The first kappa shape index (κ1) is 11.4. The predicted octanol–water partition coefficient (Wildman–Crippen LogP) is 1.26. The fraction of sp³-hybridized carbons (Fsp3) is 0.538. The number of benzene rings is 1. The molecule has 0 radical (unpaired) electrons. The van der Waals surface area contributed by atoms with Crippen LogP contribution in [0.3, 0.4) is 0 Å². The fourth-order valence-electron chi connectivity index (χ4n) is 2.19. The van der Waals surface area contributed by atoms with Crippen LogP contribution in [0.15, 0.2) is 18.2 Å². The molecule has 0 spiro atoms. The van der Waals surface area contributed by atoms with Gasteiger partial charge in [0.1, 0.15) is 11.4 Å². The van der Waals surface area contributed by atoms with Crippen LogP contribution in [-0.2, 0) is 12.8 Å². The van der Waals surface area contributed by atoms with Crippen molar-refractivity contribution in [2.75, 3.05) is 6.61 Å². The Morgan fingerprint density at radius 1 is 1.50 bits per heavy atom. The van der Waals surface area contributed by atoms with Gasteiger partial charge in [-0.15, -0.1) is 0 Å². The lowest BCUT2D eigenvalue weighted by Crippen LogP contribution is -2.28. The summed E-state index contributed by atoms with van der Waals surface area (Å²) < 4.78 is 5.93. The molecule has 2 rings (SSSR count). The van der Waals surface area contributed by atoms with Crippen LogP contribution in [0.1, 0.15) is 25.0 Å². The minimum absolute atomic E-state index is 0.00700. The van der Waals surface area contributed by atoms with E-state index in [1.165, 1.54) is 5.56 Å². The molecule has 0 fully saturated rings. The maximum absolute atomic E-state index is 8.98. The number of ether oxygens (including phenoxy) is 1. The zero-order valence-corrected chi connectivity index (χ0v) is 9.86. The van der Waals surface area contributed by atoms with Gasteiger partial charge >= 0.3 is 0 Å². The summed E-state index contributed by atoms with van der Waals surface area (Å²) in [6.07, 6.45) is 1.60. The van der Waals surface area contributed by atoms with Gasteiger partial charge in [0.2, 0.25) is 0 Å². The lowest BCUT2D eigenvalue weighted by atomic mass is 9.98. The molecule has 1 unspecified atom stereocenters. The molecule has 1 heterocycles. The van der Waals surface area contributed by atoms with Crippen molar-refractivity contribution in [2.45, 2.75) is 38.3 Å². The molecule has 1 atom stereocenters.